The summed E-state index contributed by atoms with van der Waals surface area (Å²) in [6, 6.07) is 0. The van der Waals surface area contributed by atoms with E-state index in [1.54, 1.807) is 6.20 Å². The topological polar surface area (TPSA) is 56.2 Å². The molecule has 0 aromatic carbocycles. The molecule has 62 valence electrons. The Balaban J connectivity index is 2.92. The molecule has 4 nitrogen and oxygen atoms in total. The average Bonchev–Trinajstić information content (AvgIpc) is 2.33. The summed E-state index contributed by atoms with van der Waals surface area (Å²) in [6.07, 6.45) is 3.58. The van der Waals surface area contributed by atoms with Gasteiger partial charge in [-0.05, 0) is 38.5 Å². The fourth-order valence-electron chi connectivity index (χ4n) is 0.953. The van der Waals surface area contributed by atoms with Crippen LogP contribution in [0.1, 0.15) is 0 Å². The molecule has 0 amide bonds. The number of aromatic nitrogens is 3. The van der Waals surface area contributed by atoms with Crippen LogP contribution in [0.4, 0.5) is 5.82 Å². The molecule has 2 N–H and O–H groups in total. The van der Waals surface area contributed by atoms with Crippen LogP contribution in [-0.2, 0) is 0 Å². The summed E-state index contributed by atoms with van der Waals surface area (Å²) < 4.78 is 3.60. The zero-order valence-electron chi connectivity index (χ0n) is 5.83. The maximum Gasteiger partial charge on any atom is 0.180 e. The van der Waals surface area contributed by atoms with Crippen LogP contribution in [0.3, 0.4) is 0 Å². The van der Waals surface area contributed by atoms with E-state index in [0.29, 0.717) is 16.1 Å². The van der Waals surface area contributed by atoms with Crippen molar-refractivity contribution in [2.45, 2.75) is 0 Å². The number of hydrogen-bond acceptors (Lipinski definition) is 3. The van der Waals surface area contributed by atoms with Gasteiger partial charge in [-0.15, -0.1) is 0 Å². The van der Waals surface area contributed by atoms with Crippen molar-refractivity contribution >= 4 is 50.0 Å². The summed E-state index contributed by atoms with van der Waals surface area (Å²) in [6.45, 7) is 0. The Kier molecular flexibility index (Phi) is 1.95. The van der Waals surface area contributed by atoms with Gasteiger partial charge in [0.1, 0.15) is 8.30 Å². The first kappa shape index (κ1) is 8.24. The van der Waals surface area contributed by atoms with Crippen molar-refractivity contribution in [2.75, 3.05) is 5.73 Å². The lowest BCUT2D eigenvalue weighted by atomic mass is 10.6. The molecule has 12 heavy (non-hydrogen) atoms. The molecule has 0 spiro atoms. The largest absolute Gasteiger partial charge is 0.381 e. The Morgan fingerprint density at radius 1 is 1.58 bits per heavy atom. The predicted molar refractivity (Wildman–Crippen MR) is 57.8 cm³/mol. The van der Waals surface area contributed by atoms with Crippen LogP contribution in [0.15, 0.2) is 17.0 Å². The highest BCUT2D eigenvalue weighted by Gasteiger charge is 2.05. The van der Waals surface area contributed by atoms with Crippen LogP contribution in [-0.4, -0.2) is 14.4 Å². The number of rotatable bonds is 0. The molecule has 2 rings (SSSR count). The predicted octanol–water partition coefficient (Wildman–Crippen LogP) is 1.68. The maximum atomic E-state index is 5.64. The van der Waals surface area contributed by atoms with Crippen LogP contribution in [0.25, 0.3) is 5.65 Å². The third kappa shape index (κ3) is 1.18. The van der Waals surface area contributed by atoms with Crippen molar-refractivity contribution in [3.05, 3.63) is 20.7 Å². The summed E-state index contributed by atoms with van der Waals surface area (Å²) in [5.74, 6) is 0.437. The highest BCUT2D eigenvalue weighted by atomic mass is 127. The lowest BCUT2D eigenvalue weighted by molar-refractivity contribution is 1.09. The number of nitrogen functional groups attached to an aromatic ring is 1. The van der Waals surface area contributed by atoms with Crippen molar-refractivity contribution < 1.29 is 0 Å². The molecule has 0 aliphatic heterocycles. The lowest BCUT2D eigenvalue weighted by Gasteiger charge is -1.98. The molecule has 0 bridgehead atoms. The molecule has 0 fully saturated rings. The molecular weight excluding hydrogens is 335 g/mol. The molecule has 0 aliphatic rings. The Hall–Kier alpha value is -0.370. The summed E-state index contributed by atoms with van der Waals surface area (Å²) in [5.41, 5.74) is 6.34. The zero-order chi connectivity index (χ0) is 8.72. The number of halogens is 2. The average molecular weight is 339 g/mol. The second kappa shape index (κ2) is 2.84. The first-order chi connectivity index (χ1) is 5.68. The monoisotopic (exact) mass is 338 g/mol. The van der Waals surface area contributed by atoms with Gasteiger partial charge < -0.3 is 5.73 Å². The Morgan fingerprint density at radius 3 is 3.08 bits per heavy atom. The number of fused-ring (bicyclic) bond motifs is 1. The van der Waals surface area contributed by atoms with Gasteiger partial charge >= 0.3 is 0 Å². The van der Waals surface area contributed by atoms with Crippen molar-refractivity contribution in [1.82, 2.24) is 14.4 Å². The van der Waals surface area contributed by atoms with Gasteiger partial charge in [0.25, 0.3) is 0 Å². The van der Waals surface area contributed by atoms with Gasteiger partial charge in [-0.2, -0.15) is 0 Å². The molecule has 0 atom stereocenters. The molecule has 2 heterocycles. The molecule has 2 aromatic rings. The first-order valence-corrected chi connectivity index (χ1v) is 5.00. The van der Waals surface area contributed by atoms with E-state index in [-0.39, 0.29) is 0 Å². The minimum absolute atomic E-state index is 0.437. The minimum Gasteiger partial charge on any atom is -0.381 e. The van der Waals surface area contributed by atoms with Crippen molar-refractivity contribution in [3.63, 3.8) is 0 Å². The van der Waals surface area contributed by atoms with Gasteiger partial charge in [-0.25, -0.2) is 9.97 Å². The third-order valence-electron chi connectivity index (χ3n) is 1.44. The number of hydrogen-bond donors (Lipinski definition) is 1. The number of nitrogens with zero attached hydrogens (tertiary/aromatic N) is 3. The van der Waals surface area contributed by atoms with E-state index in [1.165, 1.54) is 0 Å². The van der Waals surface area contributed by atoms with Gasteiger partial charge in [0.2, 0.25) is 0 Å². The van der Waals surface area contributed by atoms with Crippen LogP contribution >= 0.6 is 38.5 Å². The molecule has 2 aromatic heterocycles. The third-order valence-corrected chi connectivity index (χ3v) is 2.62. The van der Waals surface area contributed by atoms with Crippen molar-refractivity contribution in [3.8, 4) is 0 Å². The summed E-state index contributed by atoms with van der Waals surface area (Å²) >= 11 is 5.44. The second-order valence-corrected chi connectivity index (χ2v) is 4.14. The molecule has 0 radical (unpaired) electrons. The summed E-state index contributed by atoms with van der Waals surface area (Å²) in [7, 11) is 0. The van der Waals surface area contributed by atoms with Crippen molar-refractivity contribution in [1.29, 1.82) is 0 Å². The van der Waals surface area contributed by atoms with E-state index in [9.17, 15) is 0 Å². The van der Waals surface area contributed by atoms with Crippen LogP contribution in [0, 0.1) is 3.70 Å². The van der Waals surface area contributed by atoms with Gasteiger partial charge in [0, 0.05) is 6.20 Å². The van der Waals surface area contributed by atoms with E-state index in [4.69, 9.17) is 5.73 Å². The number of nitrogens with two attached hydrogens (primary N) is 1. The second-order valence-electron chi connectivity index (χ2n) is 2.22. The SMILES string of the molecule is Nc1nc(Br)cn2c(I)cnc12. The highest BCUT2D eigenvalue weighted by molar-refractivity contribution is 14.1. The van der Waals surface area contributed by atoms with E-state index >= 15 is 0 Å². The summed E-state index contributed by atoms with van der Waals surface area (Å²) in [5, 5.41) is 0. The molecule has 0 saturated carbocycles. The molecule has 6 heteroatoms. The van der Waals surface area contributed by atoms with E-state index in [0.717, 1.165) is 3.70 Å². The highest BCUT2D eigenvalue weighted by Crippen LogP contribution is 2.17. The number of imidazole rings is 1. The van der Waals surface area contributed by atoms with Gasteiger partial charge in [-0.3, -0.25) is 4.40 Å². The Morgan fingerprint density at radius 2 is 2.33 bits per heavy atom. The zero-order valence-corrected chi connectivity index (χ0v) is 9.57. The summed E-state index contributed by atoms with van der Waals surface area (Å²) in [4.78, 5) is 8.13. The van der Waals surface area contributed by atoms with Crippen molar-refractivity contribution in [2.24, 2.45) is 0 Å². The van der Waals surface area contributed by atoms with Gasteiger partial charge in [0.05, 0.1) is 6.20 Å². The number of anilines is 1. The van der Waals surface area contributed by atoms with Crippen LogP contribution in [0.5, 0.6) is 0 Å². The fraction of sp³-hybridized carbons (Fsp3) is 0. The van der Waals surface area contributed by atoms with Gasteiger partial charge in [-0.1, -0.05) is 0 Å². The Bertz CT molecular complexity index is 438. The van der Waals surface area contributed by atoms with Crippen LogP contribution < -0.4 is 5.73 Å². The fourth-order valence-corrected chi connectivity index (χ4v) is 1.86. The molecule has 0 unspecified atom stereocenters. The maximum absolute atomic E-state index is 5.64. The van der Waals surface area contributed by atoms with Crippen LogP contribution in [0.2, 0.25) is 0 Å². The smallest absolute Gasteiger partial charge is 0.180 e. The van der Waals surface area contributed by atoms with E-state index in [2.05, 4.69) is 48.5 Å². The van der Waals surface area contributed by atoms with E-state index < -0.39 is 0 Å². The molecular formula is C6H4BrIN4. The first-order valence-electron chi connectivity index (χ1n) is 3.13. The Labute approximate surface area is 90.5 Å². The lowest BCUT2D eigenvalue weighted by Crippen LogP contribution is -1.97. The van der Waals surface area contributed by atoms with E-state index in [1.807, 2.05) is 10.6 Å². The standard InChI is InChI=1S/C6H4BrIN4/c7-3-2-12-4(8)1-10-6(12)5(9)11-3/h1-2H,(H2,9,11). The molecule has 0 aliphatic carbocycles. The quantitative estimate of drug-likeness (QED) is 0.743. The van der Waals surface area contributed by atoms with Gasteiger partial charge in [0.15, 0.2) is 11.5 Å². The normalized spacial score (nSPS) is 10.8. The minimum atomic E-state index is 0.437. The molecule has 0 saturated heterocycles.